The lowest BCUT2D eigenvalue weighted by molar-refractivity contribution is 0.299. The molecule has 2 heterocycles. The van der Waals surface area contributed by atoms with Crippen molar-refractivity contribution in [3.05, 3.63) is 301 Å². The largest absolute Gasteiger partial charge is 0.208 e. The molecule has 11 aromatic carbocycles. The molecule has 0 amide bonds. The highest BCUT2D eigenvalue weighted by Crippen LogP contribution is 2.56. The van der Waals surface area contributed by atoms with Crippen LogP contribution in [0, 0.1) is 0 Å². The van der Waals surface area contributed by atoms with Gasteiger partial charge < -0.3 is 0 Å². The van der Waals surface area contributed by atoms with E-state index in [2.05, 4.69) is 250 Å². The van der Waals surface area contributed by atoms with Crippen molar-refractivity contribution < 1.29 is 0 Å². The van der Waals surface area contributed by atoms with E-state index in [1.54, 1.807) is 0 Å². The van der Waals surface area contributed by atoms with Crippen molar-refractivity contribution in [2.75, 3.05) is 0 Å². The van der Waals surface area contributed by atoms with Crippen LogP contribution in [0.3, 0.4) is 0 Å². The molecule has 0 saturated heterocycles. The fourth-order valence-corrected chi connectivity index (χ4v) is 13.3. The quantitative estimate of drug-likeness (QED) is 0.143. The van der Waals surface area contributed by atoms with Crippen LogP contribution in [0.25, 0.3) is 124 Å². The molecule has 90 heavy (non-hydrogen) atoms. The molecule has 2 aliphatic rings. The van der Waals surface area contributed by atoms with Gasteiger partial charge in [0.15, 0.2) is 34.9 Å². The van der Waals surface area contributed by atoms with Gasteiger partial charge in [0, 0.05) is 33.4 Å². The molecule has 2 aromatic heterocycles. The van der Waals surface area contributed by atoms with Gasteiger partial charge in [0.2, 0.25) is 0 Å². The molecule has 6 heteroatoms. The van der Waals surface area contributed by atoms with Crippen LogP contribution in [0.4, 0.5) is 0 Å². The first kappa shape index (κ1) is 57.2. The second kappa shape index (κ2) is 22.9. The molecule has 0 atom stereocenters. The van der Waals surface area contributed by atoms with E-state index in [4.69, 9.17) is 29.9 Å². The zero-order chi connectivity index (χ0) is 61.8. The summed E-state index contributed by atoms with van der Waals surface area (Å²) in [6, 6.07) is 98.1. The van der Waals surface area contributed by atoms with Crippen LogP contribution in [-0.2, 0) is 21.7 Å². The molecule has 0 fully saturated rings. The molecular weight excluding hydrogens is 1090 g/mol. The van der Waals surface area contributed by atoms with Crippen molar-refractivity contribution in [3.63, 3.8) is 0 Å². The standard InChI is InChI=1S/C45H37N3.C39H33N3/c1-44(2)39-22-14-13-21-37(39)38-28-27-34(29-40(38)45(44,3)4)36-20-12-11-19-35(36)30-23-25-33(26-24-30)43-47-41(31-15-7-5-8-16-31)46-42(48-43)32-17-9-6-10-18-32;1-38(2)33-18-12-11-17-31(33)32-25-30(23-24-34(32)39(38,3)4)37-41-35(28-15-9-6-10-16-28)40-36(42-37)29-21-19-27(20-22-29)26-13-7-5-8-14-26/h5-29H,1-4H3;5-25H,1-4H3. The Bertz CT molecular complexity index is 4730. The second-order valence-electron chi connectivity index (χ2n) is 25.9. The molecule has 13 aromatic rings. The number of fused-ring (bicyclic) bond motifs is 6. The van der Waals surface area contributed by atoms with Gasteiger partial charge in [-0.05, 0) is 112 Å². The topological polar surface area (TPSA) is 77.3 Å². The molecule has 0 unspecified atom stereocenters. The summed E-state index contributed by atoms with van der Waals surface area (Å²) in [4.78, 5) is 29.7. The van der Waals surface area contributed by atoms with E-state index in [-0.39, 0.29) is 21.7 Å². The van der Waals surface area contributed by atoms with Crippen LogP contribution in [0.2, 0.25) is 0 Å². The van der Waals surface area contributed by atoms with Gasteiger partial charge >= 0.3 is 0 Å². The third kappa shape index (κ3) is 10.2. The van der Waals surface area contributed by atoms with Gasteiger partial charge in [0.1, 0.15) is 0 Å². The van der Waals surface area contributed by atoms with Crippen molar-refractivity contribution in [2.24, 2.45) is 0 Å². The number of aromatic nitrogens is 6. The van der Waals surface area contributed by atoms with Crippen molar-refractivity contribution in [1.29, 1.82) is 0 Å². The number of benzene rings is 11. The van der Waals surface area contributed by atoms with Gasteiger partial charge in [-0.25, -0.2) is 29.9 Å². The van der Waals surface area contributed by atoms with Gasteiger partial charge in [-0.3, -0.25) is 0 Å². The fourth-order valence-electron chi connectivity index (χ4n) is 13.3. The summed E-state index contributed by atoms with van der Waals surface area (Å²) in [5, 5.41) is 0. The minimum absolute atomic E-state index is 0.00909. The van der Waals surface area contributed by atoms with Crippen LogP contribution in [0.5, 0.6) is 0 Å². The van der Waals surface area contributed by atoms with Crippen LogP contribution < -0.4 is 0 Å². The molecule has 0 radical (unpaired) electrons. The number of hydrogen-bond acceptors (Lipinski definition) is 6. The van der Waals surface area contributed by atoms with Gasteiger partial charge in [0.05, 0.1) is 0 Å². The first-order valence-corrected chi connectivity index (χ1v) is 31.2. The molecule has 0 bridgehead atoms. The van der Waals surface area contributed by atoms with Gasteiger partial charge in [0.25, 0.3) is 0 Å². The summed E-state index contributed by atoms with van der Waals surface area (Å²) in [6.45, 7) is 19.0. The Morgan fingerprint density at radius 2 is 0.422 bits per heavy atom. The van der Waals surface area contributed by atoms with E-state index in [9.17, 15) is 0 Å². The average molecular weight is 1160 g/mol. The Labute approximate surface area is 529 Å². The highest BCUT2D eigenvalue weighted by molar-refractivity contribution is 5.88. The maximum Gasteiger partial charge on any atom is 0.164 e. The van der Waals surface area contributed by atoms with Crippen molar-refractivity contribution in [3.8, 4) is 124 Å². The van der Waals surface area contributed by atoms with Crippen molar-refractivity contribution >= 4 is 0 Å². The maximum absolute atomic E-state index is 5.05. The Kier molecular flexibility index (Phi) is 14.5. The normalized spacial score (nSPS) is 14.4. The van der Waals surface area contributed by atoms with E-state index in [1.807, 2.05) is 84.9 Å². The monoisotopic (exact) mass is 1160 g/mol. The molecular formula is C84H70N6. The number of nitrogens with zero attached hydrogens (tertiary/aromatic N) is 6. The van der Waals surface area contributed by atoms with E-state index < -0.39 is 0 Å². The summed E-state index contributed by atoms with van der Waals surface area (Å²) in [5.41, 5.74) is 23.6. The minimum Gasteiger partial charge on any atom is -0.208 e. The SMILES string of the molecule is CC1(C)c2ccccc2-c2cc(-c3nc(-c4ccccc4)nc(-c4ccc(-c5ccccc5)cc4)n3)ccc2C1(C)C.CC1(C)c2ccccc2-c2ccc(-c3ccccc3-c3ccc(-c4nc(-c5ccccc5)nc(-c5ccccc5)n4)cc3)cc2C1(C)C. The van der Waals surface area contributed by atoms with Crippen molar-refractivity contribution in [1.82, 2.24) is 29.9 Å². The predicted molar refractivity (Wildman–Crippen MR) is 372 cm³/mol. The lowest BCUT2D eigenvalue weighted by atomic mass is 9.55. The van der Waals surface area contributed by atoms with E-state index >= 15 is 0 Å². The summed E-state index contributed by atoms with van der Waals surface area (Å²) >= 11 is 0. The third-order valence-electron chi connectivity index (χ3n) is 19.9. The Hall–Kier alpha value is -10.6. The van der Waals surface area contributed by atoms with E-state index in [0.29, 0.717) is 34.9 Å². The molecule has 0 aliphatic heterocycles. The molecule has 6 nitrogen and oxygen atoms in total. The first-order chi connectivity index (χ1) is 43.6. The van der Waals surface area contributed by atoms with Crippen LogP contribution in [-0.4, -0.2) is 29.9 Å². The number of hydrogen-bond donors (Lipinski definition) is 0. The summed E-state index contributed by atoms with van der Waals surface area (Å²) in [6.07, 6.45) is 0. The lowest BCUT2D eigenvalue weighted by Gasteiger charge is -2.48. The molecule has 15 rings (SSSR count). The van der Waals surface area contributed by atoms with Gasteiger partial charge in [-0.1, -0.05) is 322 Å². The summed E-state index contributed by atoms with van der Waals surface area (Å²) in [7, 11) is 0. The van der Waals surface area contributed by atoms with E-state index in [1.165, 1.54) is 66.8 Å². The average Bonchev–Trinajstić information content (AvgIpc) is 0.724. The molecule has 0 spiro atoms. The van der Waals surface area contributed by atoms with E-state index in [0.717, 1.165) is 44.5 Å². The lowest BCUT2D eigenvalue weighted by Crippen LogP contribution is -2.43. The smallest absolute Gasteiger partial charge is 0.164 e. The second-order valence-corrected chi connectivity index (χ2v) is 25.9. The molecule has 436 valence electrons. The Morgan fingerprint density at radius 1 is 0.167 bits per heavy atom. The van der Waals surface area contributed by atoms with Crippen LogP contribution >= 0.6 is 0 Å². The Morgan fingerprint density at radius 3 is 0.856 bits per heavy atom. The van der Waals surface area contributed by atoms with Gasteiger partial charge in [-0.2, -0.15) is 0 Å². The summed E-state index contributed by atoms with van der Waals surface area (Å²) < 4.78 is 0. The number of rotatable bonds is 9. The fraction of sp³-hybridized carbons (Fsp3) is 0.143. The zero-order valence-corrected chi connectivity index (χ0v) is 52.2. The first-order valence-electron chi connectivity index (χ1n) is 31.2. The highest BCUT2D eigenvalue weighted by Gasteiger charge is 2.47. The highest BCUT2D eigenvalue weighted by atomic mass is 15.0. The molecule has 2 aliphatic carbocycles. The van der Waals surface area contributed by atoms with Crippen molar-refractivity contribution in [2.45, 2.75) is 77.0 Å². The predicted octanol–water partition coefficient (Wildman–Crippen LogP) is 21.2. The maximum atomic E-state index is 5.05. The van der Waals surface area contributed by atoms with Crippen LogP contribution in [0.15, 0.2) is 279 Å². The molecule has 0 N–H and O–H groups in total. The third-order valence-corrected chi connectivity index (χ3v) is 19.9. The zero-order valence-electron chi connectivity index (χ0n) is 52.2. The molecule has 0 saturated carbocycles. The minimum atomic E-state index is -0.0506. The van der Waals surface area contributed by atoms with Crippen LogP contribution in [0.1, 0.15) is 77.6 Å². The van der Waals surface area contributed by atoms with Gasteiger partial charge in [-0.15, -0.1) is 0 Å². The summed E-state index contributed by atoms with van der Waals surface area (Å²) in [5.74, 6) is 3.99. The Balaban J connectivity index is 0.000000159.